The Hall–Kier alpha value is -2.44. The molecule has 6 nitrogen and oxygen atoms in total. The summed E-state index contributed by atoms with van der Waals surface area (Å²) in [6, 6.07) is 15.7. The van der Waals surface area contributed by atoms with E-state index in [-0.39, 0.29) is 11.8 Å². The van der Waals surface area contributed by atoms with Gasteiger partial charge in [0.25, 0.3) is 5.69 Å². The highest BCUT2D eigenvalue weighted by Crippen LogP contribution is 2.29. The van der Waals surface area contributed by atoms with Gasteiger partial charge in [-0.3, -0.25) is 10.1 Å². The molecule has 22 heavy (non-hydrogen) atoms. The minimum absolute atomic E-state index is 0.0219. The molecule has 2 aromatic carbocycles. The third-order valence-electron chi connectivity index (χ3n) is 3.28. The second-order valence-electron chi connectivity index (χ2n) is 4.90. The molecule has 1 heterocycles. The Morgan fingerprint density at radius 3 is 2.77 bits per heavy atom. The average Bonchev–Trinajstić information content (AvgIpc) is 3.03. The van der Waals surface area contributed by atoms with Crippen molar-refractivity contribution in [2.24, 2.45) is 0 Å². The predicted molar refractivity (Wildman–Crippen MR) is 78.6 cm³/mol. The van der Waals surface area contributed by atoms with Gasteiger partial charge < -0.3 is 14.2 Å². The molecular formula is C16H15NO5. The summed E-state index contributed by atoms with van der Waals surface area (Å²) in [4.78, 5) is 10.4. The molecule has 0 radical (unpaired) electrons. The summed E-state index contributed by atoms with van der Waals surface area (Å²) >= 11 is 0. The van der Waals surface area contributed by atoms with Crippen LogP contribution in [0.2, 0.25) is 0 Å². The molecule has 0 aliphatic carbocycles. The number of hydrogen-bond donors (Lipinski definition) is 0. The molecule has 0 amide bonds. The lowest BCUT2D eigenvalue weighted by atomic mass is 10.2. The van der Waals surface area contributed by atoms with Gasteiger partial charge in [-0.15, -0.1) is 0 Å². The number of benzene rings is 2. The summed E-state index contributed by atoms with van der Waals surface area (Å²) in [5.41, 5.74) is 0.657. The summed E-state index contributed by atoms with van der Waals surface area (Å²) in [5, 5.41) is 10.8. The first-order valence-corrected chi connectivity index (χ1v) is 6.91. The van der Waals surface area contributed by atoms with E-state index in [2.05, 4.69) is 0 Å². The molecule has 114 valence electrons. The molecule has 6 heteroatoms. The van der Waals surface area contributed by atoms with E-state index >= 15 is 0 Å². The molecule has 1 aliphatic rings. The number of nitro benzene ring substituents is 1. The van der Waals surface area contributed by atoms with E-state index in [0.29, 0.717) is 18.8 Å². The molecule has 3 rings (SSSR count). The molecule has 0 unspecified atom stereocenters. The Kier molecular flexibility index (Phi) is 4.32. The fourth-order valence-corrected chi connectivity index (χ4v) is 2.20. The van der Waals surface area contributed by atoms with Gasteiger partial charge in [-0.05, 0) is 12.1 Å². The largest absolute Gasteiger partial charge is 0.491 e. The Bertz CT molecular complexity index is 646. The van der Waals surface area contributed by atoms with Crippen LogP contribution in [-0.4, -0.2) is 24.2 Å². The highest BCUT2D eigenvalue weighted by atomic mass is 16.7. The number of rotatable bonds is 5. The summed E-state index contributed by atoms with van der Waals surface area (Å²) in [5.74, 6) is 0.768. The lowest BCUT2D eigenvalue weighted by Crippen LogP contribution is -2.19. The zero-order chi connectivity index (χ0) is 15.4. The maximum absolute atomic E-state index is 10.8. The van der Waals surface area contributed by atoms with E-state index in [0.717, 1.165) is 5.75 Å². The van der Waals surface area contributed by atoms with Crippen LogP contribution in [0.4, 0.5) is 5.69 Å². The number of nitrogens with zero attached hydrogens (tertiary/aromatic N) is 1. The van der Waals surface area contributed by atoms with Gasteiger partial charge in [0.1, 0.15) is 18.5 Å². The number of nitro groups is 1. The van der Waals surface area contributed by atoms with Gasteiger partial charge in [-0.1, -0.05) is 30.3 Å². The molecule has 0 bridgehead atoms. The van der Waals surface area contributed by atoms with Crippen LogP contribution >= 0.6 is 0 Å². The fraction of sp³-hybridized carbons (Fsp3) is 0.250. The van der Waals surface area contributed by atoms with Crippen LogP contribution in [0, 0.1) is 10.1 Å². The monoisotopic (exact) mass is 301 g/mol. The summed E-state index contributed by atoms with van der Waals surface area (Å²) < 4.78 is 16.9. The minimum atomic E-state index is -0.593. The van der Waals surface area contributed by atoms with Gasteiger partial charge in [0.05, 0.1) is 11.5 Å². The number of non-ortho nitro benzene ring substituents is 1. The molecule has 0 aromatic heterocycles. The molecule has 0 N–H and O–H groups in total. The minimum Gasteiger partial charge on any atom is -0.491 e. The lowest BCUT2D eigenvalue weighted by molar-refractivity contribution is -0.385. The Morgan fingerprint density at radius 1 is 1.18 bits per heavy atom. The van der Waals surface area contributed by atoms with Gasteiger partial charge in [-0.25, -0.2) is 0 Å². The van der Waals surface area contributed by atoms with Crippen molar-refractivity contribution in [2.75, 3.05) is 13.2 Å². The molecule has 1 fully saturated rings. The van der Waals surface area contributed by atoms with E-state index in [4.69, 9.17) is 14.2 Å². The van der Waals surface area contributed by atoms with Gasteiger partial charge >= 0.3 is 0 Å². The third-order valence-corrected chi connectivity index (χ3v) is 3.28. The number of para-hydroxylation sites is 1. The standard InChI is InChI=1S/C16H15NO5/c18-17(19)13-6-4-5-12(9-13)16-21-11-15(22-16)10-20-14-7-2-1-3-8-14/h1-9,15-16H,10-11H2/t15-,16+/m1/s1. The fourth-order valence-electron chi connectivity index (χ4n) is 2.20. The number of hydrogen-bond acceptors (Lipinski definition) is 5. The summed E-state index contributed by atoms with van der Waals surface area (Å²) in [6.45, 7) is 0.760. The van der Waals surface area contributed by atoms with Crippen LogP contribution in [0.15, 0.2) is 54.6 Å². The lowest BCUT2D eigenvalue weighted by Gasteiger charge is -2.12. The summed E-state index contributed by atoms with van der Waals surface area (Å²) in [6.07, 6.45) is -0.797. The Labute approximate surface area is 127 Å². The van der Waals surface area contributed by atoms with Crippen molar-refractivity contribution in [3.8, 4) is 5.75 Å². The molecular weight excluding hydrogens is 286 g/mol. The van der Waals surface area contributed by atoms with Crippen LogP contribution in [0.1, 0.15) is 11.9 Å². The molecule has 1 saturated heterocycles. The van der Waals surface area contributed by atoms with Crippen molar-refractivity contribution >= 4 is 5.69 Å². The average molecular weight is 301 g/mol. The second-order valence-corrected chi connectivity index (χ2v) is 4.90. The molecule has 2 aromatic rings. The van der Waals surface area contributed by atoms with Crippen molar-refractivity contribution in [3.05, 3.63) is 70.3 Å². The van der Waals surface area contributed by atoms with Crippen LogP contribution in [0.5, 0.6) is 5.75 Å². The van der Waals surface area contributed by atoms with Gasteiger partial charge in [0.2, 0.25) is 0 Å². The first kappa shape index (κ1) is 14.5. The molecule has 2 atom stereocenters. The van der Waals surface area contributed by atoms with Crippen LogP contribution in [-0.2, 0) is 9.47 Å². The topological polar surface area (TPSA) is 70.8 Å². The van der Waals surface area contributed by atoms with E-state index in [1.54, 1.807) is 12.1 Å². The highest BCUT2D eigenvalue weighted by Gasteiger charge is 2.28. The van der Waals surface area contributed by atoms with Crippen LogP contribution in [0.25, 0.3) is 0 Å². The maximum atomic E-state index is 10.8. The first-order chi connectivity index (χ1) is 10.7. The second kappa shape index (κ2) is 6.55. The van der Waals surface area contributed by atoms with Crippen molar-refractivity contribution in [3.63, 3.8) is 0 Å². The van der Waals surface area contributed by atoms with Crippen molar-refractivity contribution in [1.82, 2.24) is 0 Å². The third kappa shape index (κ3) is 3.41. The molecule has 0 spiro atoms. The van der Waals surface area contributed by atoms with E-state index < -0.39 is 11.2 Å². The Balaban J connectivity index is 1.58. The summed E-state index contributed by atoms with van der Waals surface area (Å²) in [7, 11) is 0. The zero-order valence-electron chi connectivity index (χ0n) is 11.8. The smallest absolute Gasteiger partial charge is 0.269 e. The normalized spacial score (nSPS) is 20.7. The van der Waals surface area contributed by atoms with Crippen molar-refractivity contribution in [2.45, 2.75) is 12.4 Å². The Morgan fingerprint density at radius 2 is 2.00 bits per heavy atom. The molecule has 0 saturated carbocycles. The zero-order valence-corrected chi connectivity index (χ0v) is 11.8. The van der Waals surface area contributed by atoms with E-state index in [1.165, 1.54) is 12.1 Å². The van der Waals surface area contributed by atoms with Gasteiger partial charge in [0, 0.05) is 17.7 Å². The van der Waals surface area contributed by atoms with Crippen molar-refractivity contribution in [1.29, 1.82) is 0 Å². The van der Waals surface area contributed by atoms with E-state index in [1.807, 2.05) is 30.3 Å². The maximum Gasteiger partial charge on any atom is 0.269 e. The quantitative estimate of drug-likeness (QED) is 0.627. The van der Waals surface area contributed by atoms with Crippen LogP contribution in [0.3, 0.4) is 0 Å². The van der Waals surface area contributed by atoms with Gasteiger partial charge in [-0.2, -0.15) is 0 Å². The first-order valence-electron chi connectivity index (χ1n) is 6.91. The van der Waals surface area contributed by atoms with Crippen molar-refractivity contribution < 1.29 is 19.1 Å². The molecule has 1 aliphatic heterocycles. The van der Waals surface area contributed by atoms with Crippen LogP contribution < -0.4 is 4.74 Å². The predicted octanol–water partition coefficient (Wildman–Crippen LogP) is 3.09. The number of ether oxygens (including phenoxy) is 3. The SMILES string of the molecule is O=[N+]([O-])c1cccc([C@H]2OC[C@@H](COc3ccccc3)O2)c1. The van der Waals surface area contributed by atoms with Gasteiger partial charge in [0.15, 0.2) is 6.29 Å². The van der Waals surface area contributed by atoms with E-state index in [9.17, 15) is 10.1 Å². The highest BCUT2D eigenvalue weighted by molar-refractivity contribution is 5.35.